The minimum absolute atomic E-state index is 0.0170. The molecule has 1 fully saturated rings. The van der Waals surface area contributed by atoms with Crippen LogP contribution in [0.1, 0.15) is 18.9 Å². The van der Waals surface area contributed by atoms with E-state index < -0.39 is 5.41 Å². The first-order valence-electron chi connectivity index (χ1n) is 6.98. The number of aromatic nitrogens is 2. The third-order valence-electron chi connectivity index (χ3n) is 4.16. The zero-order chi connectivity index (χ0) is 15.8. The molecule has 2 rings (SSSR count). The van der Waals surface area contributed by atoms with Gasteiger partial charge in [0.25, 0.3) is 5.56 Å². The molecule has 1 aliphatic heterocycles. The van der Waals surface area contributed by atoms with Crippen LogP contribution in [0.5, 0.6) is 0 Å². The van der Waals surface area contributed by atoms with Crippen molar-refractivity contribution in [1.29, 1.82) is 0 Å². The molecule has 0 bridgehead atoms. The molecule has 0 spiro atoms. The van der Waals surface area contributed by atoms with E-state index in [9.17, 15) is 14.4 Å². The molecule has 1 aliphatic rings. The molecule has 1 aromatic rings. The summed E-state index contributed by atoms with van der Waals surface area (Å²) in [4.78, 5) is 37.9. The summed E-state index contributed by atoms with van der Waals surface area (Å²) >= 11 is 0. The Balaban J connectivity index is 2.24. The normalized spacial score (nSPS) is 21.5. The van der Waals surface area contributed by atoms with Crippen molar-refractivity contribution in [3.63, 3.8) is 0 Å². The van der Waals surface area contributed by atoms with Gasteiger partial charge >= 0.3 is 5.69 Å². The van der Waals surface area contributed by atoms with E-state index in [1.807, 2.05) is 6.92 Å². The standard InChI is InChI=1S/C14H22N4O3/c1-14(5-6-15-9-14)12(20)16(2)7-10-8-17(3)13(21)18(4)11(10)19/h8,15H,5-7,9H2,1-4H3. The quantitative estimate of drug-likeness (QED) is 0.779. The van der Waals surface area contributed by atoms with Crippen LogP contribution >= 0.6 is 0 Å². The number of hydrogen-bond acceptors (Lipinski definition) is 4. The van der Waals surface area contributed by atoms with E-state index in [1.165, 1.54) is 17.8 Å². The third-order valence-corrected chi connectivity index (χ3v) is 4.16. The molecule has 1 saturated heterocycles. The van der Waals surface area contributed by atoms with Crippen molar-refractivity contribution >= 4 is 5.91 Å². The summed E-state index contributed by atoms with van der Waals surface area (Å²) < 4.78 is 2.42. The van der Waals surface area contributed by atoms with E-state index in [0.717, 1.165) is 17.5 Å². The Kier molecular flexibility index (Phi) is 4.04. The van der Waals surface area contributed by atoms with Gasteiger partial charge in [-0.15, -0.1) is 0 Å². The predicted octanol–water partition coefficient (Wildman–Crippen LogP) is -0.958. The number of carbonyl (C=O) groups excluding carboxylic acids is 1. The molecule has 0 aromatic carbocycles. The molecule has 0 radical (unpaired) electrons. The Morgan fingerprint density at radius 2 is 2.10 bits per heavy atom. The van der Waals surface area contributed by atoms with Gasteiger partial charge in [-0.05, 0) is 19.9 Å². The molecule has 0 aliphatic carbocycles. The number of rotatable bonds is 3. The second-order valence-corrected chi connectivity index (χ2v) is 6.06. The molecular formula is C14H22N4O3. The summed E-state index contributed by atoms with van der Waals surface area (Å²) in [5.74, 6) is 0.0170. The Morgan fingerprint density at radius 3 is 2.67 bits per heavy atom. The summed E-state index contributed by atoms with van der Waals surface area (Å²) in [7, 11) is 4.73. The predicted molar refractivity (Wildman–Crippen MR) is 79.0 cm³/mol. The van der Waals surface area contributed by atoms with Crippen LogP contribution in [0, 0.1) is 5.41 Å². The molecule has 21 heavy (non-hydrogen) atoms. The topological polar surface area (TPSA) is 76.3 Å². The van der Waals surface area contributed by atoms with E-state index in [1.54, 1.807) is 19.0 Å². The maximum atomic E-state index is 12.5. The van der Waals surface area contributed by atoms with Crippen molar-refractivity contribution in [3.05, 3.63) is 32.6 Å². The minimum Gasteiger partial charge on any atom is -0.341 e. The van der Waals surface area contributed by atoms with E-state index in [0.29, 0.717) is 12.1 Å². The molecule has 1 unspecified atom stereocenters. The van der Waals surface area contributed by atoms with Crippen LogP contribution in [0.2, 0.25) is 0 Å². The van der Waals surface area contributed by atoms with E-state index >= 15 is 0 Å². The summed E-state index contributed by atoms with van der Waals surface area (Å²) in [6.07, 6.45) is 2.30. The second-order valence-electron chi connectivity index (χ2n) is 6.06. The zero-order valence-electron chi connectivity index (χ0n) is 13.0. The number of carbonyl (C=O) groups is 1. The van der Waals surface area contributed by atoms with E-state index in [-0.39, 0.29) is 23.7 Å². The molecule has 1 N–H and O–H groups in total. The number of aryl methyl sites for hydroxylation is 1. The van der Waals surface area contributed by atoms with Crippen molar-refractivity contribution in [1.82, 2.24) is 19.4 Å². The monoisotopic (exact) mass is 294 g/mol. The fourth-order valence-corrected chi connectivity index (χ4v) is 2.78. The first-order valence-corrected chi connectivity index (χ1v) is 6.98. The molecule has 1 aromatic heterocycles. The van der Waals surface area contributed by atoms with Crippen LogP contribution in [0.4, 0.5) is 0 Å². The molecule has 2 heterocycles. The summed E-state index contributed by atoms with van der Waals surface area (Å²) in [6.45, 7) is 3.62. The van der Waals surface area contributed by atoms with E-state index in [2.05, 4.69) is 5.32 Å². The Labute approximate surface area is 123 Å². The average Bonchev–Trinajstić information content (AvgIpc) is 2.89. The second kappa shape index (κ2) is 5.48. The maximum absolute atomic E-state index is 12.5. The molecule has 0 saturated carbocycles. The number of nitrogens with one attached hydrogen (secondary N) is 1. The first-order chi connectivity index (χ1) is 9.76. The lowest BCUT2D eigenvalue weighted by Gasteiger charge is -2.28. The summed E-state index contributed by atoms with van der Waals surface area (Å²) in [6, 6.07) is 0. The van der Waals surface area contributed by atoms with Gasteiger partial charge in [0.15, 0.2) is 0 Å². The van der Waals surface area contributed by atoms with Crippen LogP contribution in [-0.4, -0.2) is 40.1 Å². The van der Waals surface area contributed by atoms with Crippen LogP contribution in [0.3, 0.4) is 0 Å². The number of amides is 1. The lowest BCUT2D eigenvalue weighted by atomic mass is 9.88. The van der Waals surface area contributed by atoms with Gasteiger partial charge in [0.1, 0.15) is 0 Å². The first kappa shape index (κ1) is 15.5. The van der Waals surface area contributed by atoms with Gasteiger partial charge in [0.2, 0.25) is 5.91 Å². The Hall–Kier alpha value is -1.89. The van der Waals surface area contributed by atoms with Crippen LogP contribution in [0.15, 0.2) is 15.8 Å². The van der Waals surface area contributed by atoms with E-state index in [4.69, 9.17) is 0 Å². The molecular weight excluding hydrogens is 272 g/mol. The van der Waals surface area contributed by atoms with Crippen molar-refractivity contribution in [2.75, 3.05) is 20.1 Å². The van der Waals surface area contributed by atoms with Crippen molar-refractivity contribution in [2.24, 2.45) is 19.5 Å². The van der Waals surface area contributed by atoms with Gasteiger partial charge in [-0.2, -0.15) is 0 Å². The van der Waals surface area contributed by atoms with Crippen LogP contribution < -0.4 is 16.6 Å². The van der Waals surface area contributed by atoms with Gasteiger partial charge in [0.05, 0.1) is 17.5 Å². The minimum atomic E-state index is -0.416. The zero-order valence-corrected chi connectivity index (χ0v) is 13.0. The van der Waals surface area contributed by atoms with Gasteiger partial charge in [-0.1, -0.05) is 0 Å². The summed E-state index contributed by atoms with van der Waals surface area (Å²) in [5, 5.41) is 3.19. The lowest BCUT2D eigenvalue weighted by molar-refractivity contribution is -0.139. The summed E-state index contributed by atoms with van der Waals surface area (Å²) in [5.41, 5.74) is -0.706. The van der Waals surface area contributed by atoms with Crippen molar-refractivity contribution < 1.29 is 4.79 Å². The molecule has 7 nitrogen and oxygen atoms in total. The maximum Gasteiger partial charge on any atom is 0.330 e. The molecule has 1 atom stereocenters. The number of nitrogens with zero attached hydrogens (tertiary/aromatic N) is 3. The number of hydrogen-bond donors (Lipinski definition) is 1. The van der Waals surface area contributed by atoms with Crippen LogP contribution in [-0.2, 0) is 25.4 Å². The highest BCUT2D eigenvalue weighted by Gasteiger charge is 2.38. The fraction of sp³-hybridized carbons (Fsp3) is 0.643. The largest absolute Gasteiger partial charge is 0.341 e. The van der Waals surface area contributed by atoms with Crippen molar-refractivity contribution in [3.8, 4) is 0 Å². The fourth-order valence-electron chi connectivity index (χ4n) is 2.78. The van der Waals surface area contributed by atoms with Gasteiger partial charge in [-0.25, -0.2) is 4.79 Å². The van der Waals surface area contributed by atoms with Gasteiger partial charge in [0, 0.05) is 33.9 Å². The smallest absolute Gasteiger partial charge is 0.330 e. The molecule has 7 heteroatoms. The molecule has 1 amide bonds. The lowest BCUT2D eigenvalue weighted by Crippen LogP contribution is -2.44. The highest BCUT2D eigenvalue weighted by atomic mass is 16.2. The third kappa shape index (κ3) is 2.78. The van der Waals surface area contributed by atoms with Gasteiger partial charge in [-0.3, -0.25) is 14.2 Å². The highest BCUT2D eigenvalue weighted by molar-refractivity contribution is 5.82. The highest BCUT2D eigenvalue weighted by Crippen LogP contribution is 2.27. The van der Waals surface area contributed by atoms with Gasteiger partial charge < -0.3 is 14.8 Å². The SMILES string of the molecule is CN(Cc1cn(C)c(=O)n(C)c1=O)C(=O)C1(C)CCNC1. The molecule has 116 valence electrons. The Bertz CT molecular complexity index is 668. The van der Waals surface area contributed by atoms with Crippen LogP contribution in [0.25, 0.3) is 0 Å². The average molecular weight is 294 g/mol. The Morgan fingerprint density at radius 1 is 1.43 bits per heavy atom. The van der Waals surface area contributed by atoms with Crippen molar-refractivity contribution in [2.45, 2.75) is 19.9 Å².